The summed E-state index contributed by atoms with van der Waals surface area (Å²) >= 11 is 0. The number of ether oxygens (including phenoxy) is 1. The molecule has 0 aromatic carbocycles. The monoisotopic (exact) mass is 406 g/mol. The van der Waals surface area contributed by atoms with Crippen LogP contribution in [-0.4, -0.2) is 58.4 Å². The minimum atomic E-state index is -2.87. The quantitative estimate of drug-likeness (QED) is 0.746. The van der Waals surface area contributed by atoms with E-state index in [1.807, 2.05) is 13.0 Å². The van der Waals surface area contributed by atoms with Crippen molar-refractivity contribution >= 4 is 28.6 Å². The fourth-order valence-corrected chi connectivity index (χ4v) is 3.87. The van der Waals surface area contributed by atoms with Gasteiger partial charge in [-0.3, -0.25) is 4.79 Å². The molecule has 0 spiro atoms. The van der Waals surface area contributed by atoms with Gasteiger partial charge < -0.3 is 19.9 Å². The number of hydrogen-bond donors (Lipinski definition) is 2. The number of alkyl halides is 2. The van der Waals surface area contributed by atoms with Gasteiger partial charge in [0.1, 0.15) is 17.1 Å². The van der Waals surface area contributed by atoms with Gasteiger partial charge in [0.25, 0.3) is 5.92 Å². The summed E-state index contributed by atoms with van der Waals surface area (Å²) in [5, 5.41) is 4.13. The molecule has 1 amide bonds. The predicted octanol–water partition coefficient (Wildman–Crippen LogP) is 3.04. The van der Waals surface area contributed by atoms with Crippen molar-refractivity contribution in [3.8, 4) is 0 Å². The summed E-state index contributed by atoms with van der Waals surface area (Å²) in [4.78, 5) is 33.7. The van der Waals surface area contributed by atoms with E-state index >= 15 is 0 Å². The number of H-pyrrole nitrogens is 1. The smallest absolute Gasteiger partial charge is 0.341 e. The lowest BCUT2D eigenvalue weighted by Gasteiger charge is -2.38. The normalized spacial score (nSPS) is 25.7. The van der Waals surface area contributed by atoms with E-state index in [1.54, 1.807) is 13.1 Å². The highest BCUT2D eigenvalue weighted by atomic mass is 19.3. The Hall–Kier alpha value is -2.71. The van der Waals surface area contributed by atoms with Gasteiger partial charge in [0.05, 0.1) is 12.3 Å². The number of carbonyl (C=O) groups excluding carboxylic acids is 2. The van der Waals surface area contributed by atoms with Crippen LogP contribution in [0.4, 0.5) is 14.5 Å². The number of likely N-dealkylation sites (tertiary alicyclic amines) is 1. The van der Waals surface area contributed by atoms with Crippen LogP contribution in [0.2, 0.25) is 0 Å². The lowest BCUT2D eigenvalue weighted by Crippen LogP contribution is -2.50. The van der Waals surface area contributed by atoms with Gasteiger partial charge in [-0.15, -0.1) is 0 Å². The second kappa shape index (κ2) is 7.27. The van der Waals surface area contributed by atoms with Crippen LogP contribution in [0.5, 0.6) is 0 Å². The molecule has 0 bridgehead atoms. The first-order valence-corrected chi connectivity index (χ1v) is 9.88. The SMILES string of the molecule is CCOC(=O)c1cnc2[nH]ccc2c1N[C@H]1CN(C(=O)[C@H]2CC2(F)F)CC[C@H]1C. The van der Waals surface area contributed by atoms with Crippen molar-refractivity contribution in [2.45, 2.75) is 38.7 Å². The molecule has 2 fully saturated rings. The standard InChI is InChI=1S/C20H24F2N4O3/c1-3-29-19(28)13-9-24-17-12(4-6-23-17)16(13)25-15-10-26(7-5-11(15)2)18(27)14-8-20(14,21)22/h4,6,9,11,14-15H,3,5,7-8,10H2,1-2H3,(H2,23,24,25)/t11-,14-,15+/m1/s1. The van der Waals surface area contributed by atoms with E-state index in [0.717, 1.165) is 5.39 Å². The van der Waals surface area contributed by atoms with Crippen molar-refractivity contribution in [3.63, 3.8) is 0 Å². The highest BCUT2D eigenvalue weighted by Crippen LogP contribution is 2.49. The van der Waals surface area contributed by atoms with Gasteiger partial charge in [0, 0.05) is 43.3 Å². The largest absolute Gasteiger partial charge is 0.462 e. The Morgan fingerprint density at radius 1 is 1.45 bits per heavy atom. The number of pyridine rings is 1. The summed E-state index contributed by atoms with van der Waals surface area (Å²) in [7, 11) is 0. The van der Waals surface area contributed by atoms with Crippen LogP contribution in [0.25, 0.3) is 11.0 Å². The van der Waals surface area contributed by atoms with Crippen LogP contribution in [0.3, 0.4) is 0 Å². The third-order valence-electron chi connectivity index (χ3n) is 5.81. The molecule has 1 aliphatic heterocycles. The van der Waals surface area contributed by atoms with Crippen molar-refractivity contribution in [2.24, 2.45) is 11.8 Å². The zero-order valence-corrected chi connectivity index (χ0v) is 16.4. The van der Waals surface area contributed by atoms with Crippen molar-refractivity contribution < 1.29 is 23.1 Å². The maximum Gasteiger partial charge on any atom is 0.341 e. The van der Waals surface area contributed by atoms with Crippen LogP contribution in [-0.2, 0) is 9.53 Å². The minimum Gasteiger partial charge on any atom is -0.462 e. The van der Waals surface area contributed by atoms with E-state index in [9.17, 15) is 18.4 Å². The number of rotatable bonds is 5. The second-order valence-electron chi connectivity index (χ2n) is 7.83. The summed E-state index contributed by atoms with van der Waals surface area (Å²) in [6, 6.07) is 1.63. The number of amides is 1. The molecule has 2 aromatic heterocycles. The molecule has 2 N–H and O–H groups in total. The number of anilines is 1. The molecule has 4 rings (SSSR count). The number of nitrogens with one attached hydrogen (secondary N) is 2. The summed E-state index contributed by atoms with van der Waals surface area (Å²) in [6.45, 7) is 4.79. The maximum absolute atomic E-state index is 13.4. The first-order chi connectivity index (χ1) is 13.8. The Balaban J connectivity index is 1.59. The molecule has 29 heavy (non-hydrogen) atoms. The molecule has 0 radical (unpaired) electrons. The van der Waals surface area contributed by atoms with Crippen molar-refractivity contribution in [1.29, 1.82) is 0 Å². The van der Waals surface area contributed by atoms with Gasteiger partial charge in [0.2, 0.25) is 5.91 Å². The lowest BCUT2D eigenvalue weighted by molar-refractivity contribution is -0.136. The molecule has 3 atom stereocenters. The average molecular weight is 406 g/mol. The molecule has 3 heterocycles. The first kappa shape index (κ1) is 19.6. The summed E-state index contributed by atoms with van der Waals surface area (Å²) in [5.41, 5.74) is 1.51. The Morgan fingerprint density at radius 3 is 2.90 bits per heavy atom. The average Bonchev–Trinajstić information content (AvgIpc) is 3.09. The molecule has 2 aromatic rings. The maximum atomic E-state index is 13.4. The molecule has 7 nitrogen and oxygen atoms in total. The summed E-state index contributed by atoms with van der Waals surface area (Å²) in [6.07, 6.45) is 3.52. The Bertz CT molecular complexity index is 945. The number of aromatic amines is 1. The number of hydrogen-bond acceptors (Lipinski definition) is 5. The number of piperidine rings is 1. The molecular formula is C20H24F2N4O3. The molecule has 0 unspecified atom stereocenters. The third-order valence-corrected chi connectivity index (χ3v) is 5.81. The number of carbonyl (C=O) groups is 2. The fourth-order valence-electron chi connectivity index (χ4n) is 3.87. The minimum absolute atomic E-state index is 0.186. The molecule has 2 aliphatic rings. The zero-order chi connectivity index (χ0) is 20.8. The van der Waals surface area contributed by atoms with E-state index in [1.165, 1.54) is 11.1 Å². The van der Waals surface area contributed by atoms with Crippen LogP contribution in [0.1, 0.15) is 37.0 Å². The van der Waals surface area contributed by atoms with Crippen molar-refractivity contribution in [2.75, 3.05) is 25.0 Å². The molecular weight excluding hydrogens is 382 g/mol. The molecule has 1 aliphatic carbocycles. The summed E-state index contributed by atoms with van der Waals surface area (Å²) < 4.78 is 31.9. The first-order valence-electron chi connectivity index (χ1n) is 9.88. The topological polar surface area (TPSA) is 87.3 Å². The predicted molar refractivity (Wildman–Crippen MR) is 103 cm³/mol. The van der Waals surface area contributed by atoms with Gasteiger partial charge in [-0.2, -0.15) is 0 Å². The van der Waals surface area contributed by atoms with E-state index in [-0.39, 0.29) is 25.0 Å². The van der Waals surface area contributed by atoms with Gasteiger partial charge in [-0.05, 0) is 25.3 Å². The highest BCUT2D eigenvalue weighted by Gasteiger charge is 2.62. The number of nitrogens with zero attached hydrogens (tertiary/aromatic N) is 2. The van der Waals surface area contributed by atoms with E-state index in [0.29, 0.717) is 36.4 Å². The van der Waals surface area contributed by atoms with Crippen LogP contribution in [0, 0.1) is 11.8 Å². The molecule has 1 saturated heterocycles. The van der Waals surface area contributed by atoms with Crippen LogP contribution in [0.15, 0.2) is 18.5 Å². The number of fused-ring (bicyclic) bond motifs is 1. The summed E-state index contributed by atoms with van der Waals surface area (Å²) in [5.74, 6) is -4.84. The van der Waals surface area contributed by atoms with Gasteiger partial charge in [-0.1, -0.05) is 6.92 Å². The number of aromatic nitrogens is 2. The van der Waals surface area contributed by atoms with E-state index in [2.05, 4.69) is 15.3 Å². The van der Waals surface area contributed by atoms with Crippen molar-refractivity contribution in [1.82, 2.24) is 14.9 Å². The van der Waals surface area contributed by atoms with E-state index < -0.39 is 23.7 Å². The second-order valence-corrected chi connectivity index (χ2v) is 7.83. The van der Waals surface area contributed by atoms with E-state index in [4.69, 9.17) is 4.74 Å². The fraction of sp³-hybridized carbons (Fsp3) is 0.550. The Kier molecular flexibility index (Phi) is 4.92. The van der Waals surface area contributed by atoms with Crippen LogP contribution < -0.4 is 5.32 Å². The van der Waals surface area contributed by atoms with Crippen LogP contribution >= 0.6 is 0 Å². The van der Waals surface area contributed by atoms with Crippen molar-refractivity contribution in [3.05, 3.63) is 24.0 Å². The zero-order valence-electron chi connectivity index (χ0n) is 16.4. The molecule has 9 heteroatoms. The van der Waals surface area contributed by atoms with Gasteiger partial charge in [0.15, 0.2) is 0 Å². The van der Waals surface area contributed by atoms with Gasteiger partial charge >= 0.3 is 5.97 Å². The molecule has 156 valence electrons. The highest BCUT2D eigenvalue weighted by molar-refractivity contribution is 6.04. The van der Waals surface area contributed by atoms with Gasteiger partial charge in [-0.25, -0.2) is 18.6 Å². The number of esters is 1. The Morgan fingerprint density at radius 2 is 2.21 bits per heavy atom. The lowest BCUT2D eigenvalue weighted by atomic mass is 9.92. The molecule has 1 saturated carbocycles. The number of halogens is 2. The third kappa shape index (κ3) is 3.65. The Labute approximate surface area is 166 Å².